The molecule has 2 fully saturated rings. The maximum absolute atomic E-state index is 13.1. The second-order valence-corrected chi connectivity index (χ2v) is 6.63. The van der Waals surface area contributed by atoms with Crippen molar-refractivity contribution in [3.8, 4) is 0 Å². The maximum Gasteiger partial charge on any atom is 0.417 e. The van der Waals surface area contributed by atoms with Gasteiger partial charge in [0.25, 0.3) is 5.91 Å². The second-order valence-electron chi connectivity index (χ2n) is 6.63. The van der Waals surface area contributed by atoms with E-state index in [-0.39, 0.29) is 11.6 Å². The number of carbonyl (C=O) groups is 1. The van der Waals surface area contributed by atoms with Crippen molar-refractivity contribution in [3.05, 3.63) is 47.3 Å². The average molecular weight is 350 g/mol. The number of amides is 1. The van der Waals surface area contributed by atoms with Crippen LogP contribution in [0.25, 0.3) is 0 Å². The Bertz CT molecular complexity index is 797. The van der Waals surface area contributed by atoms with Gasteiger partial charge in [0.2, 0.25) is 0 Å². The molecule has 1 aromatic carbocycles. The number of rotatable bonds is 3. The molecular formula is C17H17F3N4O. The zero-order valence-corrected chi connectivity index (χ0v) is 13.4. The van der Waals surface area contributed by atoms with Gasteiger partial charge in [-0.15, -0.1) is 5.10 Å². The van der Waals surface area contributed by atoms with Crippen molar-refractivity contribution in [1.29, 1.82) is 0 Å². The number of aromatic nitrogens is 3. The summed E-state index contributed by atoms with van der Waals surface area (Å²) in [6, 6.07) is 4.89. The molecule has 1 aliphatic carbocycles. The fraction of sp³-hybridized carbons (Fsp3) is 0.471. The van der Waals surface area contributed by atoms with E-state index in [1.165, 1.54) is 23.1 Å². The molecule has 2 aromatic rings. The number of likely N-dealkylation sites (tertiary alicyclic amines) is 1. The highest BCUT2D eigenvalue weighted by Gasteiger charge is 2.37. The highest BCUT2D eigenvalue weighted by atomic mass is 19.4. The number of hydrogen-bond acceptors (Lipinski definition) is 3. The highest BCUT2D eigenvalue weighted by Crippen LogP contribution is 2.39. The molecule has 0 unspecified atom stereocenters. The van der Waals surface area contributed by atoms with Gasteiger partial charge in [-0.3, -0.25) is 4.79 Å². The minimum Gasteiger partial charge on any atom is -0.336 e. The fourth-order valence-corrected chi connectivity index (χ4v) is 3.26. The first-order chi connectivity index (χ1) is 11.9. The molecule has 25 heavy (non-hydrogen) atoms. The van der Waals surface area contributed by atoms with E-state index < -0.39 is 17.6 Å². The van der Waals surface area contributed by atoms with Crippen molar-refractivity contribution < 1.29 is 18.0 Å². The molecule has 2 aliphatic rings. The largest absolute Gasteiger partial charge is 0.417 e. The quantitative estimate of drug-likeness (QED) is 0.854. The average Bonchev–Trinajstić information content (AvgIpc) is 3.11. The molecule has 1 amide bonds. The molecule has 0 radical (unpaired) electrons. The van der Waals surface area contributed by atoms with Crippen molar-refractivity contribution in [2.24, 2.45) is 0 Å². The number of nitrogens with zero attached hydrogens (tertiary/aromatic N) is 4. The van der Waals surface area contributed by atoms with Crippen LogP contribution >= 0.6 is 0 Å². The van der Waals surface area contributed by atoms with Crippen LogP contribution in [-0.2, 0) is 6.18 Å². The summed E-state index contributed by atoms with van der Waals surface area (Å²) in [6.45, 7) is 0.757. The Morgan fingerprint density at radius 1 is 1.16 bits per heavy atom. The van der Waals surface area contributed by atoms with Crippen molar-refractivity contribution in [1.82, 2.24) is 19.9 Å². The number of hydrogen-bond donors (Lipinski definition) is 0. The Balaban J connectivity index is 1.50. The molecule has 1 saturated heterocycles. The van der Waals surface area contributed by atoms with Crippen LogP contribution in [0, 0.1) is 0 Å². The van der Waals surface area contributed by atoms with Crippen molar-refractivity contribution >= 4 is 5.91 Å². The zero-order chi connectivity index (χ0) is 17.6. The third-order valence-electron chi connectivity index (χ3n) is 4.81. The monoisotopic (exact) mass is 350 g/mol. The van der Waals surface area contributed by atoms with E-state index in [2.05, 4.69) is 10.3 Å². The zero-order valence-electron chi connectivity index (χ0n) is 13.4. The lowest BCUT2D eigenvalue weighted by Crippen LogP contribution is -2.31. The topological polar surface area (TPSA) is 51.0 Å². The Hall–Kier alpha value is -2.38. The molecule has 1 saturated carbocycles. The Morgan fingerprint density at radius 3 is 2.64 bits per heavy atom. The van der Waals surface area contributed by atoms with Crippen LogP contribution in [0.5, 0.6) is 0 Å². The first-order valence-corrected chi connectivity index (χ1v) is 8.30. The first kappa shape index (κ1) is 16.1. The van der Waals surface area contributed by atoms with Gasteiger partial charge in [-0.25, -0.2) is 4.68 Å². The van der Waals surface area contributed by atoms with Gasteiger partial charge in [0, 0.05) is 25.2 Å². The lowest BCUT2D eigenvalue weighted by Gasteiger charge is -2.19. The smallest absolute Gasteiger partial charge is 0.336 e. The summed E-state index contributed by atoms with van der Waals surface area (Å²) in [7, 11) is 0. The minimum absolute atomic E-state index is 0.0398. The summed E-state index contributed by atoms with van der Waals surface area (Å²) in [6.07, 6.45) is 0.272. The summed E-state index contributed by atoms with van der Waals surface area (Å²) in [5.74, 6) is -0.0930. The van der Waals surface area contributed by atoms with Crippen LogP contribution in [0.2, 0.25) is 0 Å². The van der Waals surface area contributed by atoms with E-state index in [1.54, 1.807) is 4.68 Å². The predicted molar refractivity (Wildman–Crippen MR) is 83.0 cm³/mol. The Kier molecular flexibility index (Phi) is 3.77. The van der Waals surface area contributed by atoms with Crippen molar-refractivity contribution in [2.75, 3.05) is 13.1 Å². The highest BCUT2D eigenvalue weighted by molar-refractivity contribution is 5.96. The number of benzene rings is 1. The molecule has 4 rings (SSSR count). The molecule has 0 spiro atoms. The SMILES string of the molecule is O=C(c1ccccc1C(F)(F)F)N1CC[C@H](n2cc(C3CC3)nn2)C1. The van der Waals surface area contributed by atoms with E-state index >= 15 is 0 Å². The number of halogens is 3. The van der Waals surface area contributed by atoms with Gasteiger partial charge in [0.15, 0.2) is 0 Å². The van der Waals surface area contributed by atoms with Crippen LogP contribution in [-0.4, -0.2) is 38.9 Å². The van der Waals surface area contributed by atoms with E-state index in [9.17, 15) is 18.0 Å². The molecule has 1 aromatic heterocycles. The van der Waals surface area contributed by atoms with Gasteiger partial charge in [0.05, 0.1) is 22.9 Å². The molecule has 0 N–H and O–H groups in total. The molecule has 8 heteroatoms. The molecule has 0 bridgehead atoms. The van der Waals surface area contributed by atoms with Gasteiger partial charge in [-0.2, -0.15) is 13.2 Å². The first-order valence-electron chi connectivity index (χ1n) is 8.30. The second kappa shape index (κ2) is 5.86. The third kappa shape index (κ3) is 3.12. The standard InChI is InChI=1S/C17H17F3N4O/c18-17(19,20)14-4-2-1-3-13(14)16(25)23-8-7-12(9-23)24-10-15(21-22-24)11-5-6-11/h1-4,10-12H,5-9H2/t12-/m0/s1. The van der Waals surface area contributed by atoms with Crippen molar-refractivity contribution in [3.63, 3.8) is 0 Å². The van der Waals surface area contributed by atoms with Gasteiger partial charge in [-0.05, 0) is 31.4 Å². The lowest BCUT2D eigenvalue weighted by atomic mass is 10.1. The molecule has 5 nitrogen and oxygen atoms in total. The van der Waals surface area contributed by atoms with Crippen LogP contribution < -0.4 is 0 Å². The van der Waals surface area contributed by atoms with Crippen LogP contribution in [0.1, 0.15) is 52.8 Å². The van der Waals surface area contributed by atoms with E-state index in [0.717, 1.165) is 24.6 Å². The van der Waals surface area contributed by atoms with Gasteiger partial charge in [0.1, 0.15) is 0 Å². The van der Waals surface area contributed by atoms with E-state index in [4.69, 9.17) is 0 Å². The summed E-state index contributed by atoms with van der Waals surface area (Å²) in [5.41, 5.74) is -0.222. The van der Waals surface area contributed by atoms with Crippen LogP contribution in [0.3, 0.4) is 0 Å². The van der Waals surface area contributed by atoms with Gasteiger partial charge >= 0.3 is 6.18 Å². The minimum atomic E-state index is -4.55. The van der Waals surface area contributed by atoms with E-state index in [1.807, 2.05) is 6.20 Å². The van der Waals surface area contributed by atoms with Gasteiger partial charge in [-0.1, -0.05) is 17.3 Å². The lowest BCUT2D eigenvalue weighted by molar-refractivity contribution is -0.138. The Morgan fingerprint density at radius 2 is 1.92 bits per heavy atom. The number of alkyl halides is 3. The molecule has 2 heterocycles. The van der Waals surface area contributed by atoms with E-state index in [0.29, 0.717) is 25.4 Å². The van der Waals surface area contributed by atoms with Crippen molar-refractivity contribution in [2.45, 2.75) is 37.4 Å². The van der Waals surface area contributed by atoms with Crippen LogP contribution in [0.4, 0.5) is 13.2 Å². The Labute approximate surface area is 142 Å². The molecule has 1 atom stereocenters. The summed E-state index contributed by atoms with van der Waals surface area (Å²) in [4.78, 5) is 14.1. The fourth-order valence-electron chi connectivity index (χ4n) is 3.26. The normalized spacial score (nSPS) is 20.9. The summed E-state index contributed by atoms with van der Waals surface area (Å²) < 4.78 is 41.1. The van der Waals surface area contributed by atoms with Crippen LogP contribution in [0.15, 0.2) is 30.5 Å². The maximum atomic E-state index is 13.1. The molecular weight excluding hydrogens is 333 g/mol. The predicted octanol–water partition coefficient (Wildman–Crippen LogP) is 3.26. The molecule has 1 aliphatic heterocycles. The number of carbonyl (C=O) groups excluding carboxylic acids is 1. The summed E-state index contributed by atoms with van der Waals surface area (Å²) in [5, 5.41) is 8.29. The van der Waals surface area contributed by atoms with Gasteiger partial charge < -0.3 is 4.90 Å². The third-order valence-corrected chi connectivity index (χ3v) is 4.81. The summed E-state index contributed by atoms with van der Waals surface area (Å²) >= 11 is 0. The molecule has 132 valence electrons.